The van der Waals surface area contributed by atoms with Gasteiger partial charge in [-0.25, -0.2) is 0 Å². The standard InChI is InChI=1S/C22H20N2O/c25-22(15-14-20-13-7-8-16-23-20)24-17-21(18-9-3-1-4-10-18)19-11-5-2-6-12-19/h1-16,21H,17H2,(H,24,25)/b15-14+. The molecule has 1 N–H and O–H groups in total. The van der Waals surface area contributed by atoms with E-state index in [0.29, 0.717) is 6.54 Å². The molecule has 0 bridgehead atoms. The summed E-state index contributed by atoms with van der Waals surface area (Å²) in [7, 11) is 0. The quantitative estimate of drug-likeness (QED) is 0.694. The summed E-state index contributed by atoms with van der Waals surface area (Å²) in [6.07, 6.45) is 4.95. The fourth-order valence-corrected chi connectivity index (χ4v) is 2.70. The highest BCUT2D eigenvalue weighted by Crippen LogP contribution is 2.23. The van der Waals surface area contributed by atoms with Gasteiger partial charge in [-0.1, -0.05) is 66.7 Å². The minimum atomic E-state index is -0.123. The Kier molecular flexibility index (Phi) is 5.73. The van der Waals surface area contributed by atoms with Gasteiger partial charge >= 0.3 is 0 Å². The van der Waals surface area contributed by atoms with Gasteiger partial charge in [0.05, 0.1) is 5.69 Å². The zero-order valence-electron chi connectivity index (χ0n) is 13.9. The van der Waals surface area contributed by atoms with E-state index in [2.05, 4.69) is 34.6 Å². The predicted molar refractivity (Wildman–Crippen MR) is 101 cm³/mol. The number of nitrogens with zero attached hydrogens (tertiary/aromatic N) is 1. The molecule has 2 aromatic carbocycles. The number of amides is 1. The molecule has 0 aliphatic rings. The molecule has 3 heteroatoms. The number of benzene rings is 2. The minimum absolute atomic E-state index is 0.120. The summed E-state index contributed by atoms with van der Waals surface area (Å²) in [5, 5.41) is 3.00. The van der Waals surface area contributed by atoms with Crippen LogP contribution < -0.4 is 5.32 Å². The Morgan fingerprint density at radius 2 is 1.48 bits per heavy atom. The number of hydrogen-bond acceptors (Lipinski definition) is 2. The highest BCUT2D eigenvalue weighted by atomic mass is 16.1. The summed E-state index contributed by atoms with van der Waals surface area (Å²) in [4.78, 5) is 16.3. The van der Waals surface area contributed by atoms with E-state index in [1.54, 1.807) is 12.3 Å². The van der Waals surface area contributed by atoms with Crippen molar-refractivity contribution in [2.24, 2.45) is 0 Å². The van der Waals surface area contributed by atoms with Crippen molar-refractivity contribution in [1.82, 2.24) is 10.3 Å². The number of hydrogen-bond donors (Lipinski definition) is 1. The van der Waals surface area contributed by atoms with Crippen LogP contribution in [0.1, 0.15) is 22.7 Å². The molecule has 1 heterocycles. The molecule has 0 saturated carbocycles. The van der Waals surface area contributed by atoms with Gasteiger partial charge in [0.25, 0.3) is 0 Å². The lowest BCUT2D eigenvalue weighted by Gasteiger charge is -2.18. The van der Waals surface area contributed by atoms with Crippen molar-refractivity contribution in [3.63, 3.8) is 0 Å². The van der Waals surface area contributed by atoms with Crippen LogP contribution in [0.15, 0.2) is 91.1 Å². The summed E-state index contributed by atoms with van der Waals surface area (Å²) in [6.45, 7) is 0.541. The molecule has 0 aliphatic heterocycles. The van der Waals surface area contributed by atoms with Crippen LogP contribution >= 0.6 is 0 Å². The molecule has 0 spiro atoms. The molecule has 3 nitrogen and oxygen atoms in total. The van der Waals surface area contributed by atoms with Crippen molar-refractivity contribution in [2.75, 3.05) is 6.54 Å². The third-order valence-corrected chi connectivity index (χ3v) is 3.98. The van der Waals surface area contributed by atoms with E-state index < -0.39 is 0 Å². The topological polar surface area (TPSA) is 42.0 Å². The summed E-state index contributed by atoms with van der Waals surface area (Å²) < 4.78 is 0. The summed E-state index contributed by atoms with van der Waals surface area (Å²) in [5.41, 5.74) is 3.13. The van der Waals surface area contributed by atoms with Crippen LogP contribution in [0, 0.1) is 0 Å². The SMILES string of the molecule is O=C(/C=C/c1ccccn1)NCC(c1ccccc1)c1ccccc1. The fraction of sp³-hybridized carbons (Fsp3) is 0.0909. The molecule has 0 atom stereocenters. The minimum Gasteiger partial charge on any atom is -0.352 e. The van der Waals surface area contributed by atoms with Crippen molar-refractivity contribution in [3.8, 4) is 0 Å². The molecule has 3 aromatic rings. The van der Waals surface area contributed by atoms with Crippen molar-refractivity contribution in [1.29, 1.82) is 0 Å². The third-order valence-electron chi connectivity index (χ3n) is 3.98. The van der Waals surface area contributed by atoms with E-state index >= 15 is 0 Å². The molecular formula is C22H20N2O. The second-order valence-corrected chi connectivity index (χ2v) is 5.71. The van der Waals surface area contributed by atoms with Crippen LogP contribution in [0.2, 0.25) is 0 Å². The summed E-state index contributed by atoms with van der Waals surface area (Å²) >= 11 is 0. The average molecular weight is 328 g/mol. The Hall–Kier alpha value is -3.20. The van der Waals surface area contributed by atoms with E-state index in [1.165, 1.54) is 17.2 Å². The van der Waals surface area contributed by atoms with Crippen LogP contribution in [0.25, 0.3) is 6.08 Å². The number of carbonyl (C=O) groups excluding carboxylic acids is 1. The smallest absolute Gasteiger partial charge is 0.244 e. The average Bonchev–Trinajstić information content (AvgIpc) is 2.69. The van der Waals surface area contributed by atoms with Crippen molar-refractivity contribution in [2.45, 2.75) is 5.92 Å². The zero-order valence-corrected chi connectivity index (χ0v) is 13.9. The maximum Gasteiger partial charge on any atom is 0.244 e. The molecule has 0 saturated heterocycles. The van der Waals surface area contributed by atoms with Crippen LogP contribution in [0.3, 0.4) is 0 Å². The van der Waals surface area contributed by atoms with Gasteiger partial charge in [0.2, 0.25) is 5.91 Å². The molecule has 0 fully saturated rings. The molecular weight excluding hydrogens is 308 g/mol. The highest BCUT2D eigenvalue weighted by Gasteiger charge is 2.14. The monoisotopic (exact) mass is 328 g/mol. The first-order valence-electron chi connectivity index (χ1n) is 8.30. The molecule has 1 aromatic heterocycles. The Bertz CT molecular complexity index is 775. The Labute approximate surface area is 148 Å². The van der Waals surface area contributed by atoms with E-state index in [4.69, 9.17) is 0 Å². The lowest BCUT2D eigenvalue weighted by molar-refractivity contribution is -0.116. The zero-order chi connectivity index (χ0) is 17.3. The van der Waals surface area contributed by atoms with Gasteiger partial charge in [0.1, 0.15) is 0 Å². The van der Waals surface area contributed by atoms with Crippen LogP contribution in [0.4, 0.5) is 0 Å². The largest absolute Gasteiger partial charge is 0.352 e. The predicted octanol–water partition coefficient (Wildman–Crippen LogP) is 4.04. The van der Waals surface area contributed by atoms with Crippen LogP contribution in [-0.2, 0) is 4.79 Å². The summed E-state index contributed by atoms with van der Waals surface area (Å²) in [6, 6.07) is 26.1. The molecule has 0 radical (unpaired) electrons. The Morgan fingerprint density at radius 1 is 0.880 bits per heavy atom. The molecule has 1 amide bonds. The van der Waals surface area contributed by atoms with Crippen LogP contribution in [-0.4, -0.2) is 17.4 Å². The van der Waals surface area contributed by atoms with E-state index in [1.807, 2.05) is 54.6 Å². The third kappa shape index (κ3) is 4.88. The second-order valence-electron chi connectivity index (χ2n) is 5.71. The number of aromatic nitrogens is 1. The molecule has 0 unspecified atom stereocenters. The van der Waals surface area contributed by atoms with Crippen molar-refractivity contribution >= 4 is 12.0 Å². The number of rotatable bonds is 6. The molecule has 0 aliphatic carbocycles. The first-order chi connectivity index (χ1) is 12.3. The Balaban J connectivity index is 1.69. The lowest BCUT2D eigenvalue weighted by atomic mass is 9.91. The number of nitrogens with one attached hydrogen (secondary N) is 1. The summed E-state index contributed by atoms with van der Waals surface area (Å²) in [5.74, 6) is -0.00267. The molecule has 124 valence electrons. The van der Waals surface area contributed by atoms with Gasteiger partial charge in [-0.2, -0.15) is 0 Å². The van der Waals surface area contributed by atoms with Gasteiger partial charge in [-0.15, -0.1) is 0 Å². The molecule has 3 rings (SSSR count). The van der Waals surface area contributed by atoms with Gasteiger partial charge in [0.15, 0.2) is 0 Å². The number of pyridine rings is 1. The second kappa shape index (κ2) is 8.60. The van der Waals surface area contributed by atoms with Gasteiger partial charge < -0.3 is 5.32 Å². The first-order valence-corrected chi connectivity index (χ1v) is 8.30. The maximum atomic E-state index is 12.2. The van der Waals surface area contributed by atoms with E-state index in [0.717, 1.165) is 5.69 Å². The van der Waals surface area contributed by atoms with E-state index in [9.17, 15) is 4.79 Å². The lowest BCUT2D eigenvalue weighted by Crippen LogP contribution is -2.27. The van der Waals surface area contributed by atoms with Crippen LogP contribution in [0.5, 0.6) is 0 Å². The number of carbonyl (C=O) groups is 1. The first kappa shape index (κ1) is 16.7. The van der Waals surface area contributed by atoms with Gasteiger partial charge in [0, 0.05) is 24.7 Å². The maximum absolute atomic E-state index is 12.2. The Morgan fingerprint density at radius 3 is 2.04 bits per heavy atom. The normalized spacial score (nSPS) is 10.9. The van der Waals surface area contributed by atoms with Gasteiger partial charge in [-0.05, 0) is 29.3 Å². The van der Waals surface area contributed by atoms with Gasteiger partial charge in [-0.3, -0.25) is 9.78 Å². The van der Waals surface area contributed by atoms with Crippen molar-refractivity contribution < 1.29 is 4.79 Å². The highest BCUT2D eigenvalue weighted by molar-refractivity contribution is 5.91. The van der Waals surface area contributed by atoms with Crippen molar-refractivity contribution in [3.05, 3.63) is 108 Å². The fourth-order valence-electron chi connectivity index (χ4n) is 2.70. The molecule has 25 heavy (non-hydrogen) atoms. The van der Waals surface area contributed by atoms with E-state index in [-0.39, 0.29) is 11.8 Å².